The Hall–Kier alpha value is -3.02. The van der Waals surface area contributed by atoms with Gasteiger partial charge in [-0.15, -0.1) is 0 Å². The van der Waals surface area contributed by atoms with E-state index in [2.05, 4.69) is 0 Å². The topological polar surface area (TPSA) is 65.1 Å². The Kier molecular flexibility index (Phi) is 7.50. The number of hydrogen-bond acceptors (Lipinski definition) is 5. The van der Waals surface area contributed by atoms with Crippen LogP contribution in [0, 0.1) is 0 Å². The van der Waals surface area contributed by atoms with E-state index in [0.717, 1.165) is 43.0 Å². The molecule has 0 N–H and O–H groups in total. The molecular weight excluding hydrogens is 370 g/mol. The zero-order valence-corrected chi connectivity index (χ0v) is 16.8. The molecule has 2 aromatic rings. The fourth-order valence-corrected chi connectivity index (χ4v) is 3.16. The first-order valence-corrected chi connectivity index (χ1v) is 9.96. The van der Waals surface area contributed by atoms with Crippen molar-refractivity contribution in [2.24, 2.45) is 0 Å². The summed E-state index contributed by atoms with van der Waals surface area (Å²) in [4.78, 5) is 26.1. The molecule has 0 saturated carbocycles. The van der Waals surface area contributed by atoms with Gasteiger partial charge in [-0.25, -0.2) is 0 Å². The van der Waals surface area contributed by atoms with E-state index < -0.39 is 0 Å². The fraction of sp³-hybridized carbons (Fsp3) is 0.391. The van der Waals surface area contributed by atoms with E-state index in [1.165, 1.54) is 0 Å². The van der Waals surface area contributed by atoms with E-state index in [4.69, 9.17) is 14.2 Å². The molecular formula is C23H27NO5. The molecule has 1 amide bonds. The first-order chi connectivity index (χ1) is 14.2. The number of benzene rings is 2. The van der Waals surface area contributed by atoms with Gasteiger partial charge in [0.15, 0.2) is 0 Å². The van der Waals surface area contributed by atoms with Crippen molar-refractivity contribution in [3.8, 4) is 11.5 Å². The Labute approximate surface area is 171 Å². The maximum absolute atomic E-state index is 12.3. The van der Waals surface area contributed by atoms with Crippen molar-refractivity contribution >= 4 is 11.9 Å². The molecule has 0 bridgehead atoms. The smallest absolute Gasteiger partial charge is 0.306 e. The number of carbonyl (C=O) groups excluding carboxylic acids is 2. The summed E-state index contributed by atoms with van der Waals surface area (Å²) < 4.78 is 16.0. The summed E-state index contributed by atoms with van der Waals surface area (Å²) in [7, 11) is 1.62. The Morgan fingerprint density at radius 2 is 1.59 bits per heavy atom. The lowest BCUT2D eigenvalue weighted by molar-refractivity contribution is -0.145. The highest BCUT2D eigenvalue weighted by atomic mass is 16.5. The minimum Gasteiger partial charge on any atom is -0.497 e. The largest absolute Gasteiger partial charge is 0.497 e. The van der Waals surface area contributed by atoms with Crippen LogP contribution in [0.25, 0.3) is 0 Å². The second-order valence-electron chi connectivity index (χ2n) is 6.98. The molecule has 3 rings (SSSR count). The molecule has 0 spiro atoms. The molecule has 29 heavy (non-hydrogen) atoms. The monoisotopic (exact) mass is 397 g/mol. The van der Waals surface area contributed by atoms with Crippen LogP contribution < -0.4 is 9.47 Å². The molecule has 1 fully saturated rings. The number of nitrogens with zero attached hydrogens (tertiary/aromatic N) is 1. The van der Waals surface area contributed by atoms with E-state index in [-0.39, 0.29) is 18.5 Å². The number of likely N-dealkylation sites (tertiary alicyclic amines) is 1. The Bertz CT molecular complexity index is 795. The number of amides is 1. The summed E-state index contributed by atoms with van der Waals surface area (Å²) in [5.74, 6) is 1.32. The van der Waals surface area contributed by atoms with E-state index in [1.54, 1.807) is 19.2 Å². The highest BCUT2D eigenvalue weighted by Gasteiger charge is 2.19. The van der Waals surface area contributed by atoms with E-state index in [9.17, 15) is 9.59 Å². The molecule has 1 aliphatic heterocycles. The lowest BCUT2D eigenvalue weighted by Crippen LogP contribution is -2.27. The number of hydrogen-bond donors (Lipinski definition) is 0. The molecule has 1 aliphatic rings. The van der Waals surface area contributed by atoms with Crippen molar-refractivity contribution in [2.45, 2.75) is 32.3 Å². The zero-order valence-electron chi connectivity index (χ0n) is 16.8. The highest BCUT2D eigenvalue weighted by Crippen LogP contribution is 2.17. The van der Waals surface area contributed by atoms with Gasteiger partial charge >= 0.3 is 5.97 Å². The van der Waals surface area contributed by atoms with Crippen molar-refractivity contribution in [1.82, 2.24) is 4.90 Å². The molecule has 2 aromatic carbocycles. The van der Waals surface area contributed by atoms with Crippen LogP contribution in [0.5, 0.6) is 11.5 Å². The van der Waals surface area contributed by atoms with Gasteiger partial charge in [0, 0.05) is 25.1 Å². The maximum atomic E-state index is 12.3. The number of carbonyl (C=O) groups is 2. The van der Waals surface area contributed by atoms with Crippen molar-refractivity contribution in [1.29, 1.82) is 0 Å². The average molecular weight is 397 g/mol. The van der Waals surface area contributed by atoms with Crippen molar-refractivity contribution in [3.05, 3.63) is 59.7 Å². The van der Waals surface area contributed by atoms with Gasteiger partial charge in [0.05, 0.1) is 13.7 Å². The SMILES string of the molecule is COc1ccc(OCCCC(=O)OCc2ccc(C(=O)N3CCCC3)cc2)cc1. The van der Waals surface area contributed by atoms with Gasteiger partial charge in [-0.3, -0.25) is 9.59 Å². The average Bonchev–Trinajstić information content (AvgIpc) is 3.30. The zero-order chi connectivity index (χ0) is 20.5. The molecule has 0 unspecified atom stereocenters. The van der Waals surface area contributed by atoms with Crippen molar-refractivity contribution in [3.63, 3.8) is 0 Å². The Balaban J connectivity index is 1.34. The second kappa shape index (κ2) is 10.5. The number of rotatable bonds is 9. The van der Waals surface area contributed by atoms with Gasteiger partial charge in [-0.2, -0.15) is 0 Å². The summed E-state index contributed by atoms with van der Waals surface area (Å²) in [5, 5.41) is 0. The minimum absolute atomic E-state index is 0.0721. The quantitative estimate of drug-likeness (QED) is 0.475. The summed E-state index contributed by atoms with van der Waals surface area (Å²) in [6.45, 7) is 2.31. The summed E-state index contributed by atoms with van der Waals surface area (Å²) in [5.41, 5.74) is 1.54. The summed E-state index contributed by atoms with van der Waals surface area (Å²) in [6.07, 6.45) is 3.02. The molecule has 6 nitrogen and oxygen atoms in total. The van der Waals surface area contributed by atoms with Crippen LogP contribution in [-0.2, 0) is 16.1 Å². The minimum atomic E-state index is -0.263. The van der Waals surface area contributed by atoms with Crippen LogP contribution in [0.2, 0.25) is 0 Å². The van der Waals surface area contributed by atoms with Crippen molar-refractivity contribution < 1.29 is 23.8 Å². The lowest BCUT2D eigenvalue weighted by Gasteiger charge is -2.15. The van der Waals surface area contributed by atoms with Gasteiger partial charge < -0.3 is 19.1 Å². The second-order valence-corrected chi connectivity index (χ2v) is 6.98. The summed E-state index contributed by atoms with van der Waals surface area (Å²) >= 11 is 0. The number of esters is 1. The van der Waals surface area contributed by atoms with Gasteiger partial charge in [0.1, 0.15) is 18.1 Å². The first kappa shape index (κ1) is 20.7. The third-order valence-corrected chi connectivity index (χ3v) is 4.85. The molecule has 154 valence electrons. The maximum Gasteiger partial charge on any atom is 0.306 e. The van der Waals surface area contributed by atoms with Gasteiger partial charge in [-0.1, -0.05) is 12.1 Å². The van der Waals surface area contributed by atoms with Crippen LogP contribution in [-0.4, -0.2) is 43.6 Å². The van der Waals surface area contributed by atoms with Gasteiger partial charge in [-0.05, 0) is 61.2 Å². The lowest BCUT2D eigenvalue weighted by atomic mass is 10.1. The normalized spacial score (nSPS) is 13.2. The molecule has 6 heteroatoms. The van der Waals surface area contributed by atoms with Crippen LogP contribution in [0.4, 0.5) is 0 Å². The van der Waals surface area contributed by atoms with Gasteiger partial charge in [0.25, 0.3) is 5.91 Å². The third-order valence-electron chi connectivity index (χ3n) is 4.85. The van der Waals surface area contributed by atoms with Crippen LogP contribution in [0.1, 0.15) is 41.6 Å². The molecule has 0 atom stereocenters. The standard InChI is InChI=1S/C23H27NO5/c1-27-20-10-12-21(13-11-20)28-16-4-5-22(25)29-17-18-6-8-19(9-7-18)23(26)24-14-2-3-15-24/h6-13H,2-5,14-17H2,1H3. The third kappa shape index (κ3) is 6.24. The van der Waals surface area contributed by atoms with E-state index >= 15 is 0 Å². The first-order valence-electron chi connectivity index (χ1n) is 9.96. The number of methoxy groups -OCH3 is 1. The number of ether oxygens (including phenoxy) is 3. The molecule has 1 heterocycles. The predicted octanol–water partition coefficient (Wildman–Crippen LogP) is 3.83. The molecule has 1 saturated heterocycles. The van der Waals surface area contributed by atoms with E-state index in [1.807, 2.05) is 41.3 Å². The van der Waals surface area contributed by atoms with Crippen LogP contribution in [0.15, 0.2) is 48.5 Å². The molecule has 0 radical (unpaired) electrons. The Morgan fingerprint density at radius 1 is 0.931 bits per heavy atom. The van der Waals surface area contributed by atoms with Crippen LogP contribution in [0.3, 0.4) is 0 Å². The van der Waals surface area contributed by atoms with Crippen molar-refractivity contribution in [2.75, 3.05) is 26.8 Å². The van der Waals surface area contributed by atoms with Gasteiger partial charge in [0.2, 0.25) is 0 Å². The Morgan fingerprint density at radius 3 is 2.24 bits per heavy atom. The van der Waals surface area contributed by atoms with E-state index in [0.29, 0.717) is 25.0 Å². The highest BCUT2D eigenvalue weighted by molar-refractivity contribution is 5.94. The predicted molar refractivity (Wildman–Crippen MR) is 109 cm³/mol. The summed E-state index contributed by atoms with van der Waals surface area (Å²) in [6, 6.07) is 14.6. The molecule has 0 aliphatic carbocycles. The molecule has 0 aromatic heterocycles. The fourth-order valence-electron chi connectivity index (χ4n) is 3.16. The van der Waals surface area contributed by atoms with Crippen LogP contribution >= 0.6 is 0 Å².